The summed E-state index contributed by atoms with van der Waals surface area (Å²) in [5.41, 5.74) is 8.06. The number of benzene rings is 1. The zero-order chi connectivity index (χ0) is 10.7. The highest BCUT2D eigenvalue weighted by molar-refractivity contribution is 5.75. The third-order valence-electron chi connectivity index (χ3n) is 2.20. The first kappa shape index (κ1) is 9.51. The van der Waals surface area contributed by atoms with Crippen LogP contribution in [0.15, 0.2) is 24.5 Å². The lowest BCUT2D eigenvalue weighted by Crippen LogP contribution is -2.30. The van der Waals surface area contributed by atoms with E-state index < -0.39 is 6.03 Å². The maximum absolute atomic E-state index is 10.5. The van der Waals surface area contributed by atoms with Gasteiger partial charge < -0.3 is 16.0 Å². The number of aromatic amines is 1. The Morgan fingerprint density at radius 1 is 1.53 bits per heavy atom. The smallest absolute Gasteiger partial charge is 0.312 e. The van der Waals surface area contributed by atoms with Gasteiger partial charge in [-0.25, -0.2) is 9.78 Å². The molecule has 0 fully saturated rings. The summed E-state index contributed by atoms with van der Waals surface area (Å²) < 4.78 is 0. The molecule has 0 bridgehead atoms. The minimum Gasteiger partial charge on any atom is -0.352 e. The number of urea groups is 1. The molecule has 1 aromatic heterocycles. The van der Waals surface area contributed by atoms with E-state index in [9.17, 15) is 4.79 Å². The van der Waals surface area contributed by atoms with Crippen LogP contribution in [0.4, 0.5) is 4.79 Å². The number of nitrogens with one attached hydrogen (secondary N) is 2. The maximum Gasteiger partial charge on any atom is 0.312 e. The lowest BCUT2D eigenvalue weighted by Gasteiger charge is -2.01. The molecule has 0 saturated heterocycles. The quantitative estimate of drug-likeness (QED) is 0.690. The molecule has 5 nitrogen and oxygen atoms in total. The van der Waals surface area contributed by atoms with Crippen molar-refractivity contribution in [1.29, 1.82) is 0 Å². The van der Waals surface area contributed by atoms with E-state index in [1.807, 2.05) is 18.2 Å². The van der Waals surface area contributed by atoms with Crippen LogP contribution < -0.4 is 11.1 Å². The Morgan fingerprint density at radius 3 is 3.20 bits per heavy atom. The van der Waals surface area contributed by atoms with Gasteiger partial charge >= 0.3 is 6.03 Å². The zero-order valence-corrected chi connectivity index (χ0v) is 8.16. The molecular formula is C10H12N4O. The Bertz CT molecular complexity index is 477. The van der Waals surface area contributed by atoms with E-state index in [4.69, 9.17) is 5.73 Å². The van der Waals surface area contributed by atoms with Crippen LogP contribution in [0.1, 0.15) is 5.56 Å². The third kappa shape index (κ3) is 2.25. The molecule has 0 saturated carbocycles. The summed E-state index contributed by atoms with van der Waals surface area (Å²) in [6, 6.07) is 5.47. The molecule has 0 unspecified atom stereocenters. The molecule has 0 aliphatic heterocycles. The van der Waals surface area contributed by atoms with Gasteiger partial charge in [0.15, 0.2) is 0 Å². The summed E-state index contributed by atoms with van der Waals surface area (Å²) in [4.78, 5) is 17.6. The molecule has 2 amide bonds. The molecular weight excluding hydrogens is 192 g/mol. The first-order valence-electron chi connectivity index (χ1n) is 4.71. The number of imidazole rings is 1. The van der Waals surface area contributed by atoms with Crippen LogP contribution in [0.5, 0.6) is 0 Å². The Morgan fingerprint density at radius 2 is 2.40 bits per heavy atom. The van der Waals surface area contributed by atoms with Crippen molar-refractivity contribution in [3.63, 3.8) is 0 Å². The molecule has 15 heavy (non-hydrogen) atoms. The van der Waals surface area contributed by atoms with Gasteiger partial charge in [0.2, 0.25) is 0 Å². The largest absolute Gasteiger partial charge is 0.352 e. The number of carbonyl (C=O) groups is 1. The summed E-state index contributed by atoms with van der Waals surface area (Å²) in [7, 11) is 0. The summed E-state index contributed by atoms with van der Waals surface area (Å²) in [6.07, 6.45) is 2.42. The molecule has 0 atom stereocenters. The summed E-state index contributed by atoms with van der Waals surface area (Å²) in [6.45, 7) is 0.551. The van der Waals surface area contributed by atoms with Gasteiger partial charge in [-0.2, -0.15) is 0 Å². The Hall–Kier alpha value is -2.04. The van der Waals surface area contributed by atoms with Gasteiger partial charge in [0, 0.05) is 6.54 Å². The second kappa shape index (κ2) is 4.00. The van der Waals surface area contributed by atoms with Gasteiger partial charge in [0.1, 0.15) is 0 Å². The molecule has 78 valence electrons. The number of nitrogens with zero attached hydrogens (tertiary/aromatic N) is 1. The predicted octanol–water partition coefficient (Wildman–Crippen LogP) is 0.774. The van der Waals surface area contributed by atoms with E-state index in [0.29, 0.717) is 6.54 Å². The van der Waals surface area contributed by atoms with Crippen LogP contribution in [0, 0.1) is 0 Å². The average molecular weight is 204 g/mol. The zero-order valence-electron chi connectivity index (χ0n) is 8.16. The van der Waals surface area contributed by atoms with E-state index in [2.05, 4.69) is 15.3 Å². The van der Waals surface area contributed by atoms with Crippen LogP contribution in [0.3, 0.4) is 0 Å². The number of amides is 2. The highest BCUT2D eigenvalue weighted by Crippen LogP contribution is 2.11. The van der Waals surface area contributed by atoms with E-state index >= 15 is 0 Å². The van der Waals surface area contributed by atoms with Gasteiger partial charge in [0.05, 0.1) is 17.4 Å². The number of fused-ring (bicyclic) bond motifs is 1. The fraction of sp³-hybridized carbons (Fsp3) is 0.200. The molecule has 2 aromatic rings. The lowest BCUT2D eigenvalue weighted by atomic mass is 10.1. The molecule has 0 aliphatic carbocycles. The standard InChI is InChI=1S/C10H12N4O/c11-10(15)12-4-3-7-1-2-8-9(5-7)14-6-13-8/h1-2,5-6H,3-4H2,(H,13,14)(H3,11,12,15). The summed E-state index contributed by atoms with van der Waals surface area (Å²) in [5, 5.41) is 2.55. The van der Waals surface area contributed by atoms with Crippen molar-refractivity contribution < 1.29 is 4.79 Å². The van der Waals surface area contributed by atoms with Crippen molar-refractivity contribution in [2.45, 2.75) is 6.42 Å². The van der Waals surface area contributed by atoms with Crippen molar-refractivity contribution in [3.05, 3.63) is 30.1 Å². The van der Waals surface area contributed by atoms with Crippen molar-refractivity contribution >= 4 is 17.1 Å². The van der Waals surface area contributed by atoms with Crippen LogP contribution in [-0.2, 0) is 6.42 Å². The number of nitrogens with two attached hydrogens (primary N) is 1. The minimum atomic E-state index is -0.488. The van der Waals surface area contributed by atoms with E-state index in [1.165, 1.54) is 0 Å². The summed E-state index contributed by atoms with van der Waals surface area (Å²) in [5.74, 6) is 0. The van der Waals surface area contributed by atoms with Crippen molar-refractivity contribution in [2.24, 2.45) is 5.73 Å². The van der Waals surface area contributed by atoms with Gasteiger partial charge in [-0.05, 0) is 24.1 Å². The van der Waals surface area contributed by atoms with E-state index in [1.54, 1.807) is 6.33 Å². The van der Waals surface area contributed by atoms with Crippen molar-refractivity contribution in [2.75, 3.05) is 6.54 Å². The number of hydrogen-bond acceptors (Lipinski definition) is 2. The highest BCUT2D eigenvalue weighted by atomic mass is 16.2. The Kier molecular flexibility index (Phi) is 2.53. The SMILES string of the molecule is NC(=O)NCCc1ccc2nc[nH]c2c1. The fourth-order valence-electron chi connectivity index (χ4n) is 1.47. The average Bonchev–Trinajstić information content (AvgIpc) is 2.64. The van der Waals surface area contributed by atoms with Crippen LogP contribution in [0.25, 0.3) is 11.0 Å². The Labute approximate surface area is 86.7 Å². The molecule has 0 aliphatic rings. The number of primary amides is 1. The molecule has 5 heteroatoms. The molecule has 1 heterocycles. The number of rotatable bonds is 3. The van der Waals surface area contributed by atoms with Crippen LogP contribution >= 0.6 is 0 Å². The van der Waals surface area contributed by atoms with Crippen molar-refractivity contribution in [1.82, 2.24) is 15.3 Å². The first-order valence-corrected chi connectivity index (χ1v) is 4.71. The van der Waals surface area contributed by atoms with Gasteiger partial charge in [-0.3, -0.25) is 0 Å². The minimum absolute atomic E-state index is 0.488. The number of aromatic nitrogens is 2. The van der Waals surface area contributed by atoms with E-state index in [0.717, 1.165) is 23.0 Å². The first-order chi connectivity index (χ1) is 7.25. The predicted molar refractivity (Wildman–Crippen MR) is 57.4 cm³/mol. The number of carbonyl (C=O) groups excluding carboxylic acids is 1. The fourth-order valence-corrected chi connectivity index (χ4v) is 1.47. The van der Waals surface area contributed by atoms with E-state index in [-0.39, 0.29) is 0 Å². The Balaban J connectivity index is 2.04. The lowest BCUT2D eigenvalue weighted by molar-refractivity contribution is 0.249. The van der Waals surface area contributed by atoms with Gasteiger partial charge in [-0.1, -0.05) is 6.07 Å². The number of H-pyrrole nitrogens is 1. The summed E-state index contributed by atoms with van der Waals surface area (Å²) >= 11 is 0. The van der Waals surface area contributed by atoms with Gasteiger partial charge in [0.25, 0.3) is 0 Å². The van der Waals surface area contributed by atoms with Crippen LogP contribution in [-0.4, -0.2) is 22.5 Å². The van der Waals surface area contributed by atoms with Gasteiger partial charge in [-0.15, -0.1) is 0 Å². The third-order valence-corrected chi connectivity index (χ3v) is 2.20. The number of hydrogen-bond donors (Lipinski definition) is 3. The molecule has 0 radical (unpaired) electrons. The molecule has 4 N–H and O–H groups in total. The second-order valence-electron chi connectivity index (χ2n) is 3.30. The second-order valence-corrected chi connectivity index (χ2v) is 3.30. The highest BCUT2D eigenvalue weighted by Gasteiger charge is 1.98. The normalized spacial score (nSPS) is 10.4. The van der Waals surface area contributed by atoms with Crippen molar-refractivity contribution in [3.8, 4) is 0 Å². The topological polar surface area (TPSA) is 83.8 Å². The maximum atomic E-state index is 10.5. The monoisotopic (exact) mass is 204 g/mol. The molecule has 0 spiro atoms. The molecule has 2 rings (SSSR count). The molecule has 1 aromatic carbocycles. The van der Waals surface area contributed by atoms with Crippen LogP contribution in [0.2, 0.25) is 0 Å².